The summed E-state index contributed by atoms with van der Waals surface area (Å²) in [5, 5.41) is 11.0. The van der Waals surface area contributed by atoms with Gasteiger partial charge in [0.25, 0.3) is 5.22 Å². The standard InChI is InChI=1S/C20H22N4O2S/c1-13-5-7-15(8-6-13)19-22-23-20(26-19)27-14(2)18(25)21-16-9-11-17(12-10-16)24(3)4/h5-12,14H,1-4H3,(H,21,25). The molecule has 6 nitrogen and oxygen atoms in total. The number of aromatic nitrogens is 2. The summed E-state index contributed by atoms with van der Waals surface area (Å²) in [6, 6.07) is 15.5. The van der Waals surface area contributed by atoms with Crippen molar-refractivity contribution in [3.05, 3.63) is 54.1 Å². The van der Waals surface area contributed by atoms with Crippen LogP contribution in [0.1, 0.15) is 12.5 Å². The SMILES string of the molecule is Cc1ccc(-c2nnc(SC(C)C(=O)Nc3ccc(N(C)C)cc3)o2)cc1. The van der Waals surface area contributed by atoms with E-state index in [4.69, 9.17) is 4.42 Å². The van der Waals surface area contributed by atoms with Crippen LogP contribution in [0.15, 0.2) is 58.2 Å². The zero-order chi connectivity index (χ0) is 19.4. The highest BCUT2D eigenvalue weighted by Crippen LogP contribution is 2.27. The molecule has 0 aliphatic heterocycles. The molecule has 7 heteroatoms. The molecule has 27 heavy (non-hydrogen) atoms. The van der Waals surface area contributed by atoms with Gasteiger partial charge in [0.2, 0.25) is 11.8 Å². The van der Waals surface area contributed by atoms with Crippen LogP contribution in [0.3, 0.4) is 0 Å². The van der Waals surface area contributed by atoms with Crippen molar-refractivity contribution >= 4 is 29.0 Å². The second kappa shape index (κ2) is 8.26. The zero-order valence-electron chi connectivity index (χ0n) is 15.8. The minimum absolute atomic E-state index is 0.118. The molecule has 0 aliphatic rings. The Morgan fingerprint density at radius 2 is 1.74 bits per heavy atom. The van der Waals surface area contributed by atoms with Gasteiger partial charge in [0, 0.05) is 31.0 Å². The van der Waals surface area contributed by atoms with E-state index in [9.17, 15) is 4.79 Å². The highest BCUT2D eigenvalue weighted by Gasteiger charge is 2.19. The van der Waals surface area contributed by atoms with Crippen molar-refractivity contribution in [1.29, 1.82) is 0 Å². The number of thioether (sulfide) groups is 1. The minimum Gasteiger partial charge on any atom is -0.411 e. The Hall–Kier alpha value is -2.80. The molecule has 0 fully saturated rings. The third-order valence-corrected chi connectivity index (χ3v) is 4.94. The van der Waals surface area contributed by atoms with E-state index in [-0.39, 0.29) is 11.2 Å². The van der Waals surface area contributed by atoms with Crippen molar-refractivity contribution in [2.45, 2.75) is 24.3 Å². The highest BCUT2D eigenvalue weighted by atomic mass is 32.2. The van der Waals surface area contributed by atoms with Crippen molar-refractivity contribution in [1.82, 2.24) is 10.2 Å². The Labute approximate surface area is 163 Å². The van der Waals surface area contributed by atoms with E-state index in [2.05, 4.69) is 15.5 Å². The molecular weight excluding hydrogens is 360 g/mol. The lowest BCUT2D eigenvalue weighted by atomic mass is 10.1. The first-order valence-corrected chi connectivity index (χ1v) is 9.46. The van der Waals surface area contributed by atoms with Gasteiger partial charge in [-0.1, -0.05) is 29.5 Å². The van der Waals surface area contributed by atoms with Crippen molar-refractivity contribution in [2.75, 3.05) is 24.3 Å². The van der Waals surface area contributed by atoms with Gasteiger partial charge in [-0.15, -0.1) is 10.2 Å². The Balaban J connectivity index is 1.60. The summed E-state index contributed by atoms with van der Waals surface area (Å²) in [7, 11) is 3.95. The quantitative estimate of drug-likeness (QED) is 0.643. The van der Waals surface area contributed by atoms with E-state index in [0.29, 0.717) is 11.1 Å². The molecule has 1 unspecified atom stereocenters. The molecule has 2 aromatic carbocycles. The fourth-order valence-electron chi connectivity index (χ4n) is 2.36. The molecular formula is C20H22N4O2S. The van der Waals surface area contributed by atoms with E-state index < -0.39 is 0 Å². The first-order chi connectivity index (χ1) is 12.9. The van der Waals surface area contributed by atoms with Crippen molar-refractivity contribution in [3.63, 3.8) is 0 Å². The van der Waals surface area contributed by atoms with Crippen molar-refractivity contribution < 1.29 is 9.21 Å². The van der Waals surface area contributed by atoms with Gasteiger partial charge in [-0.3, -0.25) is 4.79 Å². The summed E-state index contributed by atoms with van der Waals surface area (Å²) in [5.74, 6) is 0.331. The number of aryl methyl sites for hydroxylation is 1. The summed E-state index contributed by atoms with van der Waals surface area (Å²) < 4.78 is 5.68. The predicted octanol–water partition coefficient (Wildman–Crippen LogP) is 4.23. The number of anilines is 2. The molecule has 1 heterocycles. The first kappa shape index (κ1) is 19.0. The maximum absolute atomic E-state index is 12.4. The van der Waals surface area contributed by atoms with E-state index in [0.717, 1.165) is 22.5 Å². The molecule has 3 aromatic rings. The molecule has 0 bridgehead atoms. The van der Waals surface area contributed by atoms with Gasteiger partial charge in [-0.2, -0.15) is 0 Å². The van der Waals surface area contributed by atoms with Crippen LogP contribution in [0.5, 0.6) is 0 Å². The number of amides is 1. The molecule has 0 saturated carbocycles. The molecule has 1 aromatic heterocycles. The smallest absolute Gasteiger partial charge is 0.277 e. The summed E-state index contributed by atoms with van der Waals surface area (Å²) in [5.41, 5.74) is 3.85. The van der Waals surface area contributed by atoms with E-state index in [1.165, 1.54) is 11.8 Å². The average molecular weight is 382 g/mol. The number of carbonyl (C=O) groups excluding carboxylic acids is 1. The molecule has 1 atom stereocenters. The van der Waals surface area contributed by atoms with Crippen LogP contribution in [-0.4, -0.2) is 35.4 Å². The summed E-state index contributed by atoms with van der Waals surface area (Å²) in [6.45, 7) is 3.83. The van der Waals surface area contributed by atoms with Crippen LogP contribution in [-0.2, 0) is 4.79 Å². The van der Waals surface area contributed by atoms with Gasteiger partial charge in [-0.05, 0) is 50.2 Å². The largest absolute Gasteiger partial charge is 0.411 e. The lowest BCUT2D eigenvalue weighted by Crippen LogP contribution is -2.22. The normalized spacial score (nSPS) is 11.9. The zero-order valence-corrected chi connectivity index (χ0v) is 16.6. The third kappa shape index (κ3) is 4.89. The van der Waals surface area contributed by atoms with Crippen LogP contribution in [0.25, 0.3) is 11.5 Å². The van der Waals surface area contributed by atoms with Crippen molar-refractivity contribution in [3.8, 4) is 11.5 Å². The van der Waals surface area contributed by atoms with Gasteiger partial charge < -0.3 is 14.6 Å². The van der Waals surface area contributed by atoms with Crippen LogP contribution in [0.2, 0.25) is 0 Å². The Morgan fingerprint density at radius 3 is 2.37 bits per heavy atom. The molecule has 0 radical (unpaired) electrons. The minimum atomic E-state index is -0.371. The second-order valence-corrected chi connectivity index (χ2v) is 7.72. The van der Waals surface area contributed by atoms with E-state index in [1.807, 2.05) is 81.4 Å². The number of nitrogens with zero attached hydrogens (tertiary/aromatic N) is 3. The molecule has 1 N–H and O–H groups in total. The van der Waals surface area contributed by atoms with Crippen LogP contribution in [0, 0.1) is 6.92 Å². The molecule has 0 aliphatic carbocycles. The summed E-state index contributed by atoms with van der Waals surface area (Å²) in [4.78, 5) is 14.4. The van der Waals surface area contributed by atoms with E-state index in [1.54, 1.807) is 0 Å². The Kier molecular flexibility index (Phi) is 5.81. The highest BCUT2D eigenvalue weighted by molar-refractivity contribution is 8.00. The van der Waals surface area contributed by atoms with Gasteiger partial charge in [0.1, 0.15) is 0 Å². The maximum atomic E-state index is 12.4. The number of benzene rings is 2. The molecule has 0 spiro atoms. The number of hydrogen-bond donors (Lipinski definition) is 1. The van der Waals surface area contributed by atoms with Crippen LogP contribution >= 0.6 is 11.8 Å². The van der Waals surface area contributed by atoms with Crippen LogP contribution in [0.4, 0.5) is 11.4 Å². The summed E-state index contributed by atoms with van der Waals surface area (Å²) >= 11 is 1.24. The van der Waals surface area contributed by atoms with Crippen molar-refractivity contribution in [2.24, 2.45) is 0 Å². The maximum Gasteiger partial charge on any atom is 0.277 e. The monoisotopic (exact) mass is 382 g/mol. The average Bonchev–Trinajstić information content (AvgIpc) is 3.11. The van der Waals surface area contributed by atoms with Crippen LogP contribution < -0.4 is 10.2 Å². The molecule has 3 rings (SSSR count). The molecule has 140 valence electrons. The topological polar surface area (TPSA) is 71.3 Å². The van der Waals surface area contributed by atoms with Gasteiger partial charge in [0.05, 0.1) is 5.25 Å². The summed E-state index contributed by atoms with van der Waals surface area (Å²) in [6.07, 6.45) is 0. The van der Waals surface area contributed by atoms with E-state index >= 15 is 0 Å². The Morgan fingerprint density at radius 1 is 1.07 bits per heavy atom. The second-order valence-electron chi connectivity index (χ2n) is 6.43. The fraction of sp³-hybridized carbons (Fsp3) is 0.250. The third-order valence-electron chi connectivity index (χ3n) is 4.00. The van der Waals surface area contributed by atoms with Gasteiger partial charge in [0.15, 0.2) is 0 Å². The first-order valence-electron chi connectivity index (χ1n) is 8.58. The number of nitrogens with one attached hydrogen (secondary N) is 1. The molecule has 0 saturated heterocycles. The van der Waals surface area contributed by atoms with Gasteiger partial charge >= 0.3 is 0 Å². The predicted molar refractivity (Wildman–Crippen MR) is 109 cm³/mol. The fourth-order valence-corrected chi connectivity index (χ4v) is 3.05. The lowest BCUT2D eigenvalue weighted by Gasteiger charge is -2.14. The lowest BCUT2D eigenvalue weighted by molar-refractivity contribution is -0.115. The number of rotatable bonds is 6. The number of hydrogen-bond acceptors (Lipinski definition) is 6. The number of carbonyl (C=O) groups is 1. The van der Waals surface area contributed by atoms with Gasteiger partial charge in [-0.25, -0.2) is 0 Å². The molecule has 1 amide bonds. The Bertz CT molecular complexity index is 904.